The van der Waals surface area contributed by atoms with Crippen LogP contribution in [0.25, 0.3) is 0 Å². The van der Waals surface area contributed by atoms with Crippen LogP contribution in [0.3, 0.4) is 0 Å². The van der Waals surface area contributed by atoms with Crippen molar-refractivity contribution in [1.29, 1.82) is 0 Å². The number of hydrogen-bond acceptors (Lipinski definition) is 1. The molecule has 2 unspecified atom stereocenters. The van der Waals surface area contributed by atoms with Crippen molar-refractivity contribution >= 4 is 17.3 Å². The molecule has 0 bridgehead atoms. The minimum absolute atomic E-state index is 0.429. The summed E-state index contributed by atoms with van der Waals surface area (Å²) in [5.41, 5.74) is 0. The molecule has 0 amide bonds. The molecule has 0 saturated heterocycles. The van der Waals surface area contributed by atoms with E-state index in [4.69, 9.17) is 12.2 Å². The van der Waals surface area contributed by atoms with Crippen LogP contribution < -0.4 is 5.32 Å². The first-order valence-electron chi connectivity index (χ1n) is 6.05. The van der Waals surface area contributed by atoms with Crippen molar-refractivity contribution in [2.45, 2.75) is 58.5 Å². The molecule has 1 N–H and O–H groups in total. The predicted octanol–water partition coefficient (Wildman–Crippen LogP) is 2.78. The summed E-state index contributed by atoms with van der Waals surface area (Å²) >= 11 is 5.40. The Kier molecular flexibility index (Phi) is 4.84. The normalized spacial score (nSPS) is 26.5. The molecule has 1 aliphatic carbocycles. The molecule has 0 aliphatic heterocycles. The highest BCUT2D eigenvalue weighted by Gasteiger charge is 2.26. The van der Waals surface area contributed by atoms with Crippen LogP contribution >= 0.6 is 12.2 Å². The molecule has 2 nitrogen and oxygen atoms in total. The molecule has 0 aromatic rings. The smallest absolute Gasteiger partial charge is 0.169 e. The van der Waals surface area contributed by atoms with E-state index in [1.165, 1.54) is 25.7 Å². The summed E-state index contributed by atoms with van der Waals surface area (Å²) in [5, 5.41) is 4.22. The minimum atomic E-state index is 0.429. The molecule has 1 saturated carbocycles. The van der Waals surface area contributed by atoms with Gasteiger partial charge in [0.1, 0.15) is 0 Å². The zero-order valence-corrected chi connectivity index (χ0v) is 11.2. The number of nitrogens with zero attached hydrogens (tertiary/aromatic N) is 1. The molecule has 0 spiro atoms. The molecular weight excluding hydrogens is 204 g/mol. The van der Waals surface area contributed by atoms with Crippen molar-refractivity contribution in [2.24, 2.45) is 5.92 Å². The summed E-state index contributed by atoms with van der Waals surface area (Å²) in [7, 11) is 2.13. The Morgan fingerprint density at radius 2 is 1.93 bits per heavy atom. The lowest BCUT2D eigenvalue weighted by molar-refractivity contribution is 0.203. The van der Waals surface area contributed by atoms with Crippen LogP contribution in [0.5, 0.6) is 0 Å². The van der Waals surface area contributed by atoms with Crippen LogP contribution in [0, 0.1) is 5.92 Å². The van der Waals surface area contributed by atoms with Crippen LogP contribution in [0.4, 0.5) is 0 Å². The van der Waals surface area contributed by atoms with Gasteiger partial charge in [0.2, 0.25) is 0 Å². The Balaban J connectivity index is 2.50. The highest BCUT2D eigenvalue weighted by molar-refractivity contribution is 7.80. The van der Waals surface area contributed by atoms with Gasteiger partial charge in [0.25, 0.3) is 0 Å². The highest BCUT2D eigenvalue weighted by Crippen LogP contribution is 2.27. The van der Waals surface area contributed by atoms with Crippen LogP contribution in [0.2, 0.25) is 0 Å². The van der Waals surface area contributed by atoms with E-state index in [1.54, 1.807) is 0 Å². The van der Waals surface area contributed by atoms with Crippen molar-refractivity contribution in [2.75, 3.05) is 7.05 Å². The maximum Gasteiger partial charge on any atom is 0.169 e. The summed E-state index contributed by atoms with van der Waals surface area (Å²) in [6.45, 7) is 6.60. The molecule has 0 aromatic carbocycles. The van der Waals surface area contributed by atoms with E-state index >= 15 is 0 Å². The molecule has 0 radical (unpaired) electrons. The summed E-state index contributed by atoms with van der Waals surface area (Å²) in [4.78, 5) is 2.26. The van der Waals surface area contributed by atoms with Crippen molar-refractivity contribution in [3.8, 4) is 0 Å². The maximum atomic E-state index is 5.40. The second kappa shape index (κ2) is 5.69. The molecule has 88 valence electrons. The summed E-state index contributed by atoms with van der Waals surface area (Å²) in [6.07, 6.45) is 5.37. The monoisotopic (exact) mass is 228 g/mol. The van der Waals surface area contributed by atoms with Gasteiger partial charge >= 0.3 is 0 Å². The van der Waals surface area contributed by atoms with E-state index in [1.807, 2.05) is 0 Å². The van der Waals surface area contributed by atoms with Gasteiger partial charge in [-0.1, -0.05) is 19.8 Å². The van der Waals surface area contributed by atoms with Crippen LogP contribution in [-0.4, -0.2) is 29.1 Å². The standard InChI is InChI=1S/C12H24N2S/c1-9(2)13-12(15)14(4)11-8-6-5-7-10(11)3/h9-11H,5-8H2,1-4H3,(H,13,15). The van der Waals surface area contributed by atoms with Gasteiger partial charge in [-0.05, 0) is 44.8 Å². The Hall–Kier alpha value is -0.310. The third-order valence-corrected chi connectivity index (χ3v) is 3.70. The molecule has 0 heterocycles. The second-order valence-electron chi connectivity index (χ2n) is 5.04. The lowest BCUT2D eigenvalue weighted by atomic mass is 9.85. The van der Waals surface area contributed by atoms with Crippen LogP contribution in [0.1, 0.15) is 46.5 Å². The van der Waals surface area contributed by atoms with Crippen molar-refractivity contribution in [3.63, 3.8) is 0 Å². The maximum absolute atomic E-state index is 5.40. The Bertz CT molecular complexity index is 216. The second-order valence-corrected chi connectivity index (χ2v) is 5.43. The quantitative estimate of drug-likeness (QED) is 0.732. The fourth-order valence-electron chi connectivity index (χ4n) is 2.37. The Labute approximate surface area is 99.4 Å². The fraction of sp³-hybridized carbons (Fsp3) is 0.917. The first-order valence-corrected chi connectivity index (χ1v) is 6.46. The van der Waals surface area contributed by atoms with Crippen molar-refractivity contribution in [3.05, 3.63) is 0 Å². The molecule has 15 heavy (non-hydrogen) atoms. The van der Waals surface area contributed by atoms with Gasteiger partial charge in [0, 0.05) is 19.1 Å². The van der Waals surface area contributed by atoms with Crippen LogP contribution in [-0.2, 0) is 0 Å². The van der Waals surface area contributed by atoms with Gasteiger partial charge < -0.3 is 10.2 Å². The van der Waals surface area contributed by atoms with Gasteiger partial charge in [0.05, 0.1) is 0 Å². The Morgan fingerprint density at radius 1 is 1.33 bits per heavy atom. The third kappa shape index (κ3) is 3.63. The topological polar surface area (TPSA) is 15.3 Å². The average Bonchev–Trinajstić information content (AvgIpc) is 2.16. The largest absolute Gasteiger partial charge is 0.360 e. The van der Waals surface area contributed by atoms with Gasteiger partial charge in [0.15, 0.2) is 5.11 Å². The fourth-order valence-corrected chi connectivity index (χ4v) is 2.74. The molecule has 1 fully saturated rings. The van der Waals surface area contributed by atoms with E-state index in [0.29, 0.717) is 12.1 Å². The zero-order valence-electron chi connectivity index (χ0n) is 10.4. The van der Waals surface area contributed by atoms with Gasteiger partial charge in [-0.3, -0.25) is 0 Å². The summed E-state index contributed by atoms with van der Waals surface area (Å²) < 4.78 is 0. The lowest BCUT2D eigenvalue weighted by Gasteiger charge is -2.38. The SMILES string of the molecule is CC(C)NC(=S)N(C)C1CCCCC1C. The lowest BCUT2D eigenvalue weighted by Crippen LogP contribution is -2.48. The predicted molar refractivity (Wildman–Crippen MR) is 70.1 cm³/mol. The first-order chi connectivity index (χ1) is 7.02. The summed E-state index contributed by atoms with van der Waals surface area (Å²) in [5.74, 6) is 0.774. The van der Waals surface area contributed by atoms with E-state index < -0.39 is 0 Å². The number of nitrogens with one attached hydrogen (secondary N) is 1. The molecule has 1 aliphatic rings. The van der Waals surface area contributed by atoms with Crippen molar-refractivity contribution in [1.82, 2.24) is 10.2 Å². The third-order valence-electron chi connectivity index (χ3n) is 3.30. The summed E-state index contributed by atoms with van der Waals surface area (Å²) in [6, 6.07) is 1.07. The molecular formula is C12H24N2S. The van der Waals surface area contributed by atoms with E-state index in [9.17, 15) is 0 Å². The number of thiocarbonyl (C=S) groups is 1. The molecule has 1 rings (SSSR count). The van der Waals surface area contributed by atoms with E-state index in [-0.39, 0.29) is 0 Å². The van der Waals surface area contributed by atoms with Crippen LogP contribution in [0.15, 0.2) is 0 Å². The first kappa shape index (κ1) is 12.8. The van der Waals surface area contributed by atoms with Gasteiger partial charge in [-0.25, -0.2) is 0 Å². The van der Waals surface area contributed by atoms with Crippen molar-refractivity contribution < 1.29 is 0 Å². The van der Waals surface area contributed by atoms with E-state index in [0.717, 1.165) is 11.0 Å². The molecule has 0 aromatic heterocycles. The minimum Gasteiger partial charge on any atom is -0.360 e. The Morgan fingerprint density at radius 3 is 2.47 bits per heavy atom. The average molecular weight is 228 g/mol. The molecule has 3 heteroatoms. The zero-order chi connectivity index (χ0) is 11.4. The molecule has 2 atom stereocenters. The highest BCUT2D eigenvalue weighted by atomic mass is 32.1. The van der Waals surface area contributed by atoms with Gasteiger partial charge in [-0.2, -0.15) is 0 Å². The number of rotatable bonds is 2. The number of hydrogen-bond donors (Lipinski definition) is 1. The van der Waals surface area contributed by atoms with E-state index in [2.05, 4.69) is 38.0 Å². The van der Waals surface area contributed by atoms with Gasteiger partial charge in [-0.15, -0.1) is 0 Å².